The lowest BCUT2D eigenvalue weighted by molar-refractivity contribution is -0.117. The van der Waals surface area contributed by atoms with Gasteiger partial charge in [0.25, 0.3) is 0 Å². The van der Waals surface area contributed by atoms with E-state index in [0.717, 1.165) is 18.7 Å². The molecule has 1 aliphatic rings. The molecular weight excluding hydrogens is 344 g/mol. The molecule has 2 atom stereocenters. The van der Waals surface area contributed by atoms with Gasteiger partial charge in [-0.3, -0.25) is 4.79 Å². The number of para-hydroxylation sites is 2. The highest BCUT2D eigenvalue weighted by Gasteiger charge is 2.35. The molecular formula is C25H26N2O. The standard InChI is InChI=1S/C25H26N2O/c1-19-17-25(27(20(2)28)22-13-7-4-8-14-22)23-15-9-10-16-24(23)26(19)18-21-11-5-3-6-12-21/h3-16,19,25H,17-18H2,1-2H3/t19-,25+/m0/s1. The van der Waals surface area contributed by atoms with Crippen molar-refractivity contribution in [1.29, 1.82) is 0 Å². The van der Waals surface area contributed by atoms with Gasteiger partial charge in [-0.25, -0.2) is 0 Å². The zero-order chi connectivity index (χ0) is 19.5. The van der Waals surface area contributed by atoms with Gasteiger partial charge in [-0.15, -0.1) is 0 Å². The third-order valence-electron chi connectivity index (χ3n) is 5.58. The van der Waals surface area contributed by atoms with E-state index >= 15 is 0 Å². The summed E-state index contributed by atoms with van der Waals surface area (Å²) < 4.78 is 0. The second-order valence-corrected chi connectivity index (χ2v) is 7.50. The molecule has 0 fully saturated rings. The Labute approximate surface area is 167 Å². The fourth-order valence-corrected chi connectivity index (χ4v) is 4.28. The van der Waals surface area contributed by atoms with Gasteiger partial charge >= 0.3 is 0 Å². The van der Waals surface area contributed by atoms with Crippen LogP contribution in [-0.4, -0.2) is 11.9 Å². The number of hydrogen-bond acceptors (Lipinski definition) is 2. The van der Waals surface area contributed by atoms with E-state index in [2.05, 4.69) is 66.4 Å². The summed E-state index contributed by atoms with van der Waals surface area (Å²) >= 11 is 0. The molecule has 3 nitrogen and oxygen atoms in total. The minimum atomic E-state index is 0.0399. The van der Waals surface area contributed by atoms with Crippen LogP contribution in [0.5, 0.6) is 0 Å². The molecule has 28 heavy (non-hydrogen) atoms. The van der Waals surface area contributed by atoms with Crippen molar-refractivity contribution in [2.75, 3.05) is 9.80 Å². The summed E-state index contributed by atoms with van der Waals surface area (Å²) in [6.45, 7) is 4.79. The van der Waals surface area contributed by atoms with Crippen molar-refractivity contribution in [3.63, 3.8) is 0 Å². The number of rotatable bonds is 4. The molecule has 0 aliphatic carbocycles. The van der Waals surface area contributed by atoms with Crippen LogP contribution in [0.2, 0.25) is 0 Å². The second-order valence-electron chi connectivity index (χ2n) is 7.50. The number of anilines is 2. The van der Waals surface area contributed by atoms with Gasteiger partial charge in [0.2, 0.25) is 5.91 Å². The SMILES string of the molecule is CC(=O)N(c1ccccc1)[C@@H]1C[C@H](C)N(Cc2ccccc2)c2ccccc21. The molecule has 4 rings (SSSR count). The summed E-state index contributed by atoms with van der Waals surface area (Å²) in [6, 6.07) is 29.5. The van der Waals surface area contributed by atoms with Crippen molar-refractivity contribution in [3.05, 3.63) is 96.1 Å². The fraction of sp³-hybridized carbons (Fsp3) is 0.240. The molecule has 142 valence electrons. The Balaban J connectivity index is 1.74. The number of fused-ring (bicyclic) bond motifs is 1. The lowest BCUT2D eigenvalue weighted by Crippen LogP contribution is -2.44. The minimum absolute atomic E-state index is 0.0399. The van der Waals surface area contributed by atoms with Crippen LogP contribution in [-0.2, 0) is 11.3 Å². The normalized spacial score (nSPS) is 18.4. The fourth-order valence-electron chi connectivity index (χ4n) is 4.28. The zero-order valence-electron chi connectivity index (χ0n) is 16.5. The van der Waals surface area contributed by atoms with E-state index in [1.807, 2.05) is 35.2 Å². The van der Waals surface area contributed by atoms with Crippen LogP contribution in [0, 0.1) is 0 Å². The molecule has 1 heterocycles. The summed E-state index contributed by atoms with van der Waals surface area (Å²) in [4.78, 5) is 17.1. The Morgan fingerprint density at radius 3 is 2.21 bits per heavy atom. The predicted octanol–water partition coefficient (Wildman–Crippen LogP) is 5.58. The van der Waals surface area contributed by atoms with Crippen LogP contribution in [0.4, 0.5) is 11.4 Å². The lowest BCUT2D eigenvalue weighted by atomic mass is 9.89. The van der Waals surface area contributed by atoms with Crippen LogP contribution in [0.1, 0.15) is 37.4 Å². The topological polar surface area (TPSA) is 23.6 Å². The van der Waals surface area contributed by atoms with Crippen LogP contribution in [0.15, 0.2) is 84.9 Å². The quantitative estimate of drug-likeness (QED) is 0.598. The number of hydrogen-bond donors (Lipinski definition) is 0. The molecule has 0 saturated heterocycles. The first-order valence-corrected chi connectivity index (χ1v) is 9.89. The van der Waals surface area contributed by atoms with E-state index in [9.17, 15) is 4.79 Å². The summed E-state index contributed by atoms with van der Waals surface area (Å²) in [5.74, 6) is 0.0784. The molecule has 0 saturated carbocycles. The Hall–Kier alpha value is -3.07. The number of benzene rings is 3. The first kappa shape index (κ1) is 18.3. The Morgan fingerprint density at radius 1 is 0.929 bits per heavy atom. The predicted molar refractivity (Wildman–Crippen MR) is 115 cm³/mol. The smallest absolute Gasteiger partial charge is 0.224 e. The van der Waals surface area contributed by atoms with Gasteiger partial charge < -0.3 is 9.80 Å². The molecule has 1 aliphatic heterocycles. The molecule has 1 amide bonds. The number of carbonyl (C=O) groups is 1. The van der Waals surface area contributed by atoms with Gasteiger partial charge in [-0.05, 0) is 42.7 Å². The van der Waals surface area contributed by atoms with E-state index in [4.69, 9.17) is 0 Å². The Bertz CT molecular complexity index is 939. The van der Waals surface area contributed by atoms with E-state index < -0.39 is 0 Å². The Morgan fingerprint density at radius 2 is 1.54 bits per heavy atom. The molecule has 0 radical (unpaired) electrons. The maximum Gasteiger partial charge on any atom is 0.224 e. The van der Waals surface area contributed by atoms with Gasteiger partial charge in [-0.1, -0.05) is 66.7 Å². The van der Waals surface area contributed by atoms with Crippen molar-refractivity contribution in [2.45, 2.75) is 38.9 Å². The lowest BCUT2D eigenvalue weighted by Gasteiger charge is -2.44. The largest absolute Gasteiger partial charge is 0.364 e. The van der Waals surface area contributed by atoms with E-state index in [0.29, 0.717) is 6.04 Å². The van der Waals surface area contributed by atoms with Gasteiger partial charge in [0.15, 0.2) is 0 Å². The third-order valence-corrected chi connectivity index (χ3v) is 5.58. The van der Waals surface area contributed by atoms with E-state index in [1.165, 1.54) is 16.8 Å². The molecule has 0 N–H and O–H groups in total. The minimum Gasteiger partial charge on any atom is -0.364 e. The van der Waals surface area contributed by atoms with Crippen LogP contribution in [0.25, 0.3) is 0 Å². The van der Waals surface area contributed by atoms with Gasteiger partial charge in [0, 0.05) is 30.9 Å². The average molecular weight is 370 g/mol. The van der Waals surface area contributed by atoms with Gasteiger partial charge in [0.05, 0.1) is 6.04 Å². The molecule has 0 spiro atoms. The van der Waals surface area contributed by atoms with Crippen molar-refractivity contribution in [2.24, 2.45) is 0 Å². The summed E-state index contributed by atoms with van der Waals surface area (Å²) in [7, 11) is 0. The van der Waals surface area contributed by atoms with Crippen molar-refractivity contribution in [1.82, 2.24) is 0 Å². The first-order valence-electron chi connectivity index (χ1n) is 9.89. The summed E-state index contributed by atoms with van der Waals surface area (Å²) in [6.07, 6.45) is 0.901. The summed E-state index contributed by atoms with van der Waals surface area (Å²) in [5, 5.41) is 0. The number of carbonyl (C=O) groups excluding carboxylic acids is 1. The molecule has 0 aromatic heterocycles. The molecule has 3 aromatic rings. The molecule has 0 unspecified atom stereocenters. The first-order chi connectivity index (χ1) is 13.6. The van der Waals surface area contributed by atoms with Crippen molar-refractivity contribution >= 4 is 17.3 Å². The highest BCUT2D eigenvalue weighted by molar-refractivity contribution is 5.92. The maximum absolute atomic E-state index is 12.6. The van der Waals surface area contributed by atoms with Gasteiger partial charge in [-0.2, -0.15) is 0 Å². The van der Waals surface area contributed by atoms with Crippen LogP contribution in [0.3, 0.4) is 0 Å². The van der Waals surface area contributed by atoms with Gasteiger partial charge in [0.1, 0.15) is 0 Å². The second kappa shape index (κ2) is 7.89. The monoisotopic (exact) mass is 370 g/mol. The maximum atomic E-state index is 12.6. The van der Waals surface area contributed by atoms with E-state index in [1.54, 1.807) is 6.92 Å². The van der Waals surface area contributed by atoms with Crippen LogP contribution >= 0.6 is 0 Å². The zero-order valence-corrected chi connectivity index (χ0v) is 16.5. The number of nitrogens with zero attached hydrogens (tertiary/aromatic N) is 2. The highest BCUT2D eigenvalue weighted by atomic mass is 16.2. The van der Waals surface area contributed by atoms with Crippen molar-refractivity contribution < 1.29 is 4.79 Å². The van der Waals surface area contributed by atoms with Crippen molar-refractivity contribution in [3.8, 4) is 0 Å². The summed E-state index contributed by atoms with van der Waals surface area (Å²) in [5.41, 5.74) is 4.69. The van der Waals surface area contributed by atoms with Crippen LogP contribution < -0.4 is 9.80 Å². The van der Waals surface area contributed by atoms with E-state index in [-0.39, 0.29) is 11.9 Å². The molecule has 3 aromatic carbocycles. The average Bonchev–Trinajstić information content (AvgIpc) is 2.72. The highest BCUT2D eigenvalue weighted by Crippen LogP contribution is 2.42. The Kier molecular flexibility index (Phi) is 5.16. The third kappa shape index (κ3) is 3.53. The number of amides is 1. The molecule has 0 bridgehead atoms. The molecule has 3 heteroatoms.